The highest BCUT2D eigenvalue weighted by Gasteiger charge is 2.38. The van der Waals surface area contributed by atoms with Gasteiger partial charge in [-0.25, -0.2) is 0 Å². The van der Waals surface area contributed by atoms with Crippen LogP contribution in [0.25, 0.3) is 0 Å². The first-order valence-electron chi connectivity index (χ1n) is 6.26. The monoisotopic (exact) mass is 228 g/mol. The lowest BCUT2D eigenvalue weighted by Gasteiger charge is -2.41. The lowest BCUT2D eigenvalue weighted by molar-refractivity contribution is -0.135. The number of carbonyl (C=O) groups is 1. The van der Waals surface area contributed by atoms with Gasteiger partial charge >= 0.3 is 0 Å². The molecule has 0 aromatic carbocycles. The molecule has 0 atom stereocenters. The van der Waals surface area contributed by atoms with E-state index in [9.17, 15) is 4.79 Å². The SMILES string of the molecule is CCN(CCCO)C(=O)CC1(CN)CCC1. The molecule has 3 N–H and O–H groups in total. The van der Waals surface area contributed by atoms with Crippen LogP contribution < -0.4 is 5.73 Å². The Morgan fingerprint density at radius 1 is 1.50 bits per heavy atom. The van der Waals surface area contributed by atoms with Gasteiger partial charge in [-0.2, -0.15) is 0 Å². The lowest BCUT2D eigenvalue weighted by atomic mass is 9.66. The van der Waals surface area contributed by atoms with Gasteiger partial charge in [-0.05, 0) is 38.1 Å². The van der Waals surface area contributed by atoms with E-state index in [2.05, 4.69) is 0 Å². The highest BCUT2D eigenvalue weighted by Crippen LogP contribution is 2.43. The minimum absolute atomic E-state index is 0.0870. The van der Waals surface area contributed by atoms with E-state index in [0.717, 1.165) is 19.4 Å². The molecule has 0 saturated heterocycles. The molecule has 0 aromatic heterocycles. The normalized spacial score (nSPS) is 17.9. The molecule has 0 bridgehead atoms. The van der Waals surface area contributed by atoms with Crippen LogP contribution in [0.4, 0.5) is 0 Å². The van der Waals surface area contributed by atoms with Gasteiger partial charge in [0.25, 0.3) is 0 Å². The summed E-state index contributed by atoms with van der Waals surface area (Å²) < 4.78 is 0. The topological polar surface area (TPSA) is 66.6 Å². The summed E-state index contributed by atoms with van der Waals surface area (Å²) in [5, 5.41) is 8.77. The molecule has 1 aliphatic carbocycles. The van der Waals surface area contributed by atoms with Crippen molar-refractivity contribution in [3.8, 4) is 0 Å². The Morgan fingerprint density at radius 3 is 2.56 bits per heavy atom. The van der Waals surface area contributed by atoms with Crippen molar-refractivity contribution in [1.29, 1.82) is 0 Å². The number of amides is 1. The van der Waals surface area contributed by atoms with Crippen LogP contribution in [0, 0.1) is 5.41 Å². The third kappa shape index (κ3) is 3.19. The second-order valence-corrected chi connectivity index (χ2v) is 4.79. The van der Waals surface area contributed by atoms with Crippen molar-refractivity contribution in [2.45, 2.75) is 39.0 Å². The van der Waals surface area contributed by atoms with E-state index >= 15 is 0 Å². The second-order valence-electron chi connectivity index (χ2n) is 4.79. The van der Waals surface area contributed by atoms with Crippen LogP contribution in [0.15, 0.2) is 0 Å². The summed E-state index contributed by atoms with van der Waals surface area (Å²) >= 11 is 0. The van der Waals surface area contributed by atoms with Gasteiger partial charge in [0.05, 0.1) is 0 Å². The molecule has 0 radical (unpaired) electrons. The van der Waals surface area contributed by atoms with E-state index in [0.29, 0.717) is 25.9 Å². The van der Waals surface area contributed by atoms with Gasteiger partial charge in [-0.1, -0.05) is 6.42 Å². The fourth-order valence-electron chi connectivity index (χ4n) is 2.28. The number of hydrogen-bond donors (Lipinski definition) is 2. The van der Waals surface area contributed by atoms with Gasteiger partial charge in [0, 0.05) is 26.1 Å². The molecule has 0 unspecified atom stereocenters. The van der Waals surface area contributed by atoms with Gasteiger partial charge in [0.15, 0.2) is 0 Å². The third-order valence-electron chi connectivity index (χ3n) is 3.69. The van der Waals surface area contributed by atoms with Gasteiger partial charge in [0.2, 0.25) is 5.91 Å². The fourth-order valence-corrected chi connectivity index (χ4v) is 2.28. The molecule has 94 valence electrons. The Balaban J connectivity index is 2.42. The van der Waals surface area contributed by atoms with Gasteiger partial charge in [-0.3, -0.25) is 4.79 Å². The number of aliphatic hydroxyl groups excluding tert-OH is 1. The maximum atomic E-state index is 12.0. The quantitative estimate of drug-likeness (QED) is 0.675. The molecule has 0 spiro atoms. The fraction of sp³-hybridized carbons (Fsp3) is 0.917. The molecule has 0 aliphatic heterocycles. The predicted octanol–water partition coefficient (Wildman–Crippen LogP) is 0.736. The van der Waals surface area contributed by atoms with Crippen LogP contribution in [-0.2, 0) is 4.79 Å². The molecule has 1 aliphatic rings. The molecule has 1 amide bonds. The van der Waals surface area contributed by atoms with Crippen LogP contribution in [0.2, 0.25) is 0 Å². The van der Waals surface area contributed by atoms with Crippen molar-refractivity contribution in [3.63, 3.8) is 0 Å². The number of rotatable bonds is 7. The molecule has 1 saturated carbocycles. The van der Waals surface area contributed by atoms with Gasteiger partial charge in [0.1, 0.15) is 0 Å². The predicted molar refractivity (Wildman–Crippen MR) is 63.9 cm³/mol. The van der Waals surface area contributed by atoms with Crippen LogP contribution in [-0.4, -0.2) is 42.2 Å². The maximum absolute atomic E-state index is 12.0. The van der Waals surface area contributed by atoms with Gasteiger partial charge < -0.3 is 15.7 Å². The zero-order valence-corrected chi connectivity index (χ0v) is 10.2. The summed E-state index contributed by atoms with van der Waals surface area (Å²) in [7, 11) is 0. The van der Waals surface area contributed by atoms with Crippen molar-refractivity contribution in [2.75, 3.05) is 26.2 Å². The molecule has 16 heavy (non-hydrogen) atoms. The first kappa shape index (κ1) is 13.5. The number of aliphatic hydroxyl groups is 1. The van der Waals surface area contributed by atoms with E-state index in [1.54, 1.807) is 0 Å². The molecular formula is C12H24N2O2. The summed E-state index contributed by atoms with van der Waals surface area (Å²) in [5.41, 5.74) is 5.84. The van der Waals surface area contributed by atoms with Crippen molar-refractivity contribution in [2.24, 2.45) is 11.1 Å². The number of carbonyl (C=O) groups excluding carboxylic acids is 1. The van der Waals surface area contributed by atoms with E-state index < -0.39 is 0 Å². The van der Waals surface area contributed by atoms with Gasteiger partial charge in [-0.15, -0.1) is 0 Å². The minimum atomic E-state index is 0.0870. The van der Waals surface area contributed by atoms with Crippen molar-refractivity contribution >= 4 is 5.91 Å². The Morgan fingerprint density at radius 2 is 2.19 bits per heavy atom. The Kier molecular flexibility index (Phi) is 5.22. The van der Waals surface area contributed by atoms with Crippen molar-refractivity contribution in [1.82, 2.24) is 4.90 Å². The van der Waals surface area contributed by atoms with Crippen LogP contribution in [0.3, 0.4) is 0 Å². The largest absolute Gasteiger partial charge is 0.396 e. The maximum Gasteiger partial charge on any atom is 0.223 e. The van der Waals surface area contributed by atoms with E-state index in [-0.39, 0.29) is 17.9 Å². The summed E-state index contributed by atoms with van der Waals surface area (Å²) in [6, 6.07) is 0. The average molecular weight is 228 g/mol. The van der Waals surface area contributed by atoms with E-state index in [4.69, 9.17) is 10.8 Å². The number of hydrogen-bond acceptors (Lipinski definition) is 3. The summed E-state index contributed by atoms with van der Waals surface area (Å²) in [6.07, 6.45) is 4.63. The Hall–Kier alpha value is -0.610. The lowest BCUT2D eigenvalue weighted by Crippen LogP contribution is -2.43. The first-order chi connectivity index (χ1) is 7.67. The highest BCUT2D eigenvalue weighted by atomic mass is 16.3. The third-order valence-corrected chi connectivity index (χ3v) is 3.69. The molecule has 1 fully saturated rings. The smallest absolute Gasteiger partial charge is 0.223 e. The summed E-state index contributed by atoms with van der Waals surface area (Å²) in [5.74, 6) is 0.195. The van der Waals surface area contributed by atoms with Crippen molar-refractivity contribution < 1.29 is 9.90 Å². The first-order valence-corrected chi connectivity index (χ1v) is 6.26. The molecule has 4 nitrogen and oxygen atoms in total. The Bertz CT molecular complexity index is 222. The average Bonchev–Trinajstić information content (AvgIpc) is 2.24. The summed E-state index contributed by atoms with van der Waals surface area (Å²) in [4.78, 5) is 13.9. The zero-order valence-electron chi connectivity index (χ0n) is 10.2. The van der Waals surface area contributed by atoms with E-state index in [1.807, 2.05) is 11.8 Å². The van der Waals surface area contributed by atoms with Crippen LogP contribution >= 0.6 is 0 Å². The van der Waals surface area contributed by atoms with Crippen LogP contribution in [0.5, 0.6) is 0 Å². The Labute approximate surface area is 97.8 Å². The van der Waals surface area contributed by atoms with Crippen LogP contribution in [0.1, 0.15) is 39.0 Å². The zero-order chi connectivity index (χ0) is 12.0. The molecule has 0 aromatic rings. The number of nitrogens with zero attached hydrogens (tertiary/aromatic N) is 1. The molecule has 4 heteroatoms. The molecule has 1 rings (SSSR count). The minimum Gasteiger partial charge on any atom is -0.396 e. The second kappa shape index (κ2) is 6.21. The molecular weight excluding hydrogens is 204 g/mol. The van der Waals surface area contributed by atoms with Crippen molar-refractivity contribution in [3.05, 3.63) is 0 Å². The standard InChI is InChI=1S/C12H24N2O2/c1-2-14(7-4-8-15)11(16)9-12(10-13)5-3-6-12/h15H,2-10,13H2,1H3. The highest BCUT2D eigenvalue weighted by molar-refractivity contribution is 5.77. The van der Waals surface area contributed by atoms with E-state index in [1.165, 1.54) is 6.42 Å². The summed E-state index contributed by atoms with van der Waals surface area (Å²) in [6.45, 7) is 4.12. The number of nitrogens with two attached hydrogens (primary N) is 1. The molecule has 0 heterocycles.